The van der Waals surface area contributed by atoms with E-state index < -0.39 is 5.91 Å². The summed E-state index contributed by atoms with van der Waals surface area (Å²) in [6, 6.07) is 1.49. The molecule has 0 unspecified atom stereocenters. The molecule has 0 bridgehead atoms. The van der Waals surface area contributed by atoms with Crippen LogP contribution in [-0.4, -0.2) is 23.5 Å². The second-order valence-corrected chi connectivity index (χ2v) is 4.46. The van der Waals surface area contributed by atoms with Crippen molar-refractivity contribution in [2.24, 2.45) is 5.73 Å². The zero-order valence-corrected chi connectivity index (χ0v) is 11.6. The normalized spacial score (nSPS) is 10.2. The van der Waals surface area contributed by atoms with Crippen LogP contribution in [0.1, 0.15) is 42.2 Å². The van der Waals surface area contributed by atoms with Gasteiger partial charge in [0.25, 0.3) is 5.91 Å². The van der Waals surface area contributed by atoms with Crippen LogP contribution in [0.5, 0.6) is 0 Å². The largest absolute Gasteiger partial charge is 0.466 e. The lowest BCUT2D eigenvalue weighted by molar-refractivity contribution is -0.143. The minimum Gasteiger partial charge on any atom is -0.466 e. The summed E-state index contributed by atoms with van der Waals surface area (Å²) in [7, 11) is 0. The molecule has 2 N–H and O–H groups in total. The lowest BCUT2D eigenvalue weighted by atomic mass is 10.1. The maximum Gasteiger partial charge on any atom is 0.306 e. The van der Waals surface area contributed by atoms with Crippen molar-refractivity contribution in [1.82, 2.24) is 4.98 Å². The van der Waals surface area contributed by atoms with E-state index >= 15 is 0 Å². The van der Waals surface area contributed by atoms with E-state index in [1.54, 1.807) is 0 Å². The number of nitrogens with zero attached hydrogens (tertiary/aromatic N) is 1. The van der Waals surface area contributed by atoms with Gasteiger partial charge < -0.3 is 10.5 Å². The summed E-state index contributed by atoms with van der Waals surface area (Å²) in [5.41, 5.74) is 5.84. The van der Waals surface area contributed by atoms with E-state index in [1.165, 1.54) is 12.3 Å². The summed E-state index contributed by atoms with van der Waals surface area (Å²) in [5, 5.41) is 0.247. The van der Waals surface area contributed by atoms with Gasteiger partial charge in [0.2, 0.25) is 0 Å². The Morgan fingerprint density at radius 2 is 2.21 bits per heavy atom. The van der Waals surface area contributed by atoms with Crippen LogP contribution in [0.15, 0.2) is 12.3 Å². The number of rotatable bonds is 7. The van der Waals surface area contributed by atoms with Crippen molar-refractivity contribution in [1.29, 1.82) is 0 Å². The second kappa shape index (κ2) is 7.74. The molecular weight excluding hydrogens is 268 g/mol. The molecule has 1 heterocycles. The number of carbonyl (C=O) groups excluding carboxylic acids is 2. The molecule has 1 rings (SSSR count). The summed E-state index contributed by atoms with van der Waals surface area (Å²) in [4.78, 5) is 26.8. The topological polar surface area (TPSA) is 82.3 Å². The fraction of sp³-hybridized carbons (Fsp3) is 0.462. The molecule has 0 saturated heterocycles. The molecule has 0 radical (unpaired) electrons. The van der Waals surface area contributed by atoms with Gasteiger partial charge in [-0.3, -0.25) is 14.6 Å². The van der Waals surface area contributed by atoms with Gasteiger partial charge in [-0.15, -0.1) is 0 Å². The molecule has 1 amide bonds. The number of primary amides is 1. The Morgan fingerprint density at radius 3 is 2.84 bits per heavy atom. The summed E-state index contributed by atoms with van der Waals surface area (Å²) in [6.45, 7) is 2.43. The fourth-order valence-corrected chi connectivity index (χ4v) is 1.81. The molecule has 0 aliphatic rings. The molecule has 0 spiro atoms. The summed E-state index contributed by atoms with van der Waals surface area (Å²) in [6.07, 6.45) is 3.72. The van der Waals surface area contributed by atoms with Gasteiger partial charge in [-0.05, 0) is 12.5 Å². The SMILES string of the molecule is CCCCOC(=O)CCc1nccc(Cl)c1C(N)=O. The van der Waals surface area contributed by atoms with E-state index in [0.717, 1.165) is 12.8 Å². The molecule has 0 fully saturated rings. The van der Waals surface area contributed by atoms with Crippen molar-refractivity contribution in [3.05, 3.63) is 28.5 Å². The van der Waals surface area contributed by atoms with Gasteiger partial charge in [0.1, 0.15) is 0 Å². The first kappa shape index (κ1) is 15.4. The number of halogens is 1. The zero-order chi connectivity index (χ0) is 14.3. The highest BCUT2D eigenvalue weighted by Crippen LogP contribution is 2.18. The summed E-state index contributed by atoms with van der Waals surface area (Å²) < 4.78 is 5.02. The fourth-order valence-electron chi connectivity index (χ4n) is 1.55. The second-order valence-electron chi connectivity index (χ2n) is 4.05. The third-order valence-electron chi connectivity index (χ3n) is 2.55. The third kappa shape index (κ3) is 4.87. The molecule has 0 atom stereocenters. The average molecular weight is 285 g/mol. The van der Waals surface area contributed by atoms with E-state index in [9.17, 15) is 9.59 Å². The molecule has 0 saturated carbocycles. The highest BCUT2D eigenvalue weighted by atomic mass is 35.5. The standard InChI is InChI=1S/C13H17ClN2O3/c1-2-3-8-19-11(17)5-4-10-12(13(15)18)9(14)6-7-16-10/h6-7H,2-5,8H2,1H3,(H2,15,18). The number of hydrogen-bond donors (Lipinski definition) is 1. The average Bonchev–Trinajstić information content (AvgIpc) is 2.36. The van der Waals surface area contributed by atoms with Crippen LogP contribution in [0.4, 0.5) is 0 Å². The van der Waals surface area contributed by atoms with Gasteiger partial charge in [0.05, 0.1) is 29.3 Å². The van der Waals surface area contributed by atoms with Crippen LogP contribution in [-0.2, 0) is 16.0 Å². The van der Waals surface area contributed by atoms with E-state index in [0.29, 0.717) is 12.3 Å². The molecule has 1 aromatic rings. The van der Waals surface area contributed by atoms with Gasteiger partial charge in [-0.2, -0.15) is 0 Å². The maximum atomic E-state index is 11.5. The quantitative estimate of drug-likeness (QED) is 0.614. The smallest absolute Gasteiger partial charge is 0.306 e. The van der Waals surface area contributed by atoms with Crippen LogP contribution in [0.25, 0.3) is 0 Å². The number of amides is 1. The van der Waals surface area contributed by atoms with Gasteiger partial charge in [-0.25, -0.2) is 0 Å². The number of nitrogens with two attached hydrogens (primary N) is 1. The van der Waals surface area contributed by atoms with Crippen molar-refractivity contribution in [3.8, 4) is 0 Å². The molecule has 0 aromatic carbocycles. The van der Waals surface area contributed by atoms with Crippen LogP contribution < -0.4 is 5.73 Å². The zero-order valence-electron chi connectivity index (χ0n) is 10.8. The predicted molar refractivity (Wildman–Crippen MR) is 72.0 cm³/mol. The van der Waals surface area contributed by atoms with Crippen molar-refractivity contribution in [2.75, 3.05) is 6.61 Å². The number of pyridine rings is 1. The Labute approximate surface area is 117 Å². The van der Waals surface area contributed by atoms with Gasteiger partial charge in [-0.1, -0.05) is 24.9 Å². The predicted octanol–water partition coefficient (Wildman–Crippen LogP) is 2.11. The first-order valence-electron chi connectivity index (χ1n) is 6.15. The number of esters is 1. The molecule has 5 nitrogen and oxygen atoms in total. The maximum absolute atomic E-state index is 11.5. The van der Waals surface area contributed by atoms with Crippen LogP contribution in [0, 0.1) is 0 Å². The monoisotopic (exact) mass is 284 g/mol. The number of carbonyl (C=O) groups is 2. The highest BCUT2D eigenvalue weighted by Gasteiger charge is 2.15. The Kier molecular flexibility index (Phi) is 6.29. The summed E-state index contributed by atoms with van der Waals surface area (Å²) in [5.74, 6) is -0.960. The van der Waals surface area contributed by atoms with Crippen molar-refractivity contribution in [2.45, 2.75) is 32.6 Å². The first-order chi connectivity index (χ1) is 9.06. The Morgan fingerprint density at radius 1 is 1.47 bits per heavy atom. The minimum absolute atomic E-state index is 0.150. The molecule has 6 heteroatoms. The van der Waals surface area contributed by atoms with E-state index in [-0.39, 0.29) is 29.4 Å². The molecule has 0 aliphatic heterocycles. The number of aromatic nitrogens is 1. The van der Waals surface area contributed by atoms with Crippen molar-refractivity contribution in [3.63, 3.8) is 0 Å². The van der Waals surface area contributed by atoms with Gasteiger partial charge in [0, 0.05) is 12.6 Å². The van der Waals surface area contributed by atoms with E-state index in [1.807, 2.05) is 6.92 Å². The number of ether oxygens (including phenoxy) is 1. The first-order valence-corrected chi connectivity index (χ1v) is 6.52. The number of hydrogen-bond acceptors (Lipinski definition) is 4. The number of unbranched alkanes of at least 4 members (excludes halogenated alkanes) is 1. The van der Waals surface area contributed by atoms with Crippen LogP contribution >= 0.6 is 11.6 Å². The molecule has 1 aromatic heterocycles. The molecule has 0 aliphatic carbocycles. The number of aryl methyl sites for hydroxylation is 1. The van der Waals surface area contributed by atoms with Crippen LogP contribution in [0.3, 0.4) is 0 Å². The Bertz CT molecular complexity index is 463. The van der Waals surface area contributed by atoms with Gasteiger partial charge in [0.15, 0.2) is 0 Å². The van der Waals surface area contributed by atoms with E-state index in [4.69, 9.17) is 22.1 Å². The van der Waals surface area contributed by atoms with Crippen LogP contribution in [0.2, 0.25) is 5.02 Å². The minimum atomic E-state index is -0.646. The van der Waals surface area contributed by atoms with Crippen molar-refractivity contribution >= 4 is 23.5 Å². The van der Waals surface area contributed by atoms with Crippen molar-refractivity contribution < 1.29 is 14.3 Å². The lowest BCUT2D eigenvalue weighted by Crippen LogP contribution is -2.16. The molecular formula is C13H17ClN2O3. The Balaban J connectivity index is 2.60. The third-order valence-corrected chi connectivity index (χ3v) is 2.87. The lowest BCUT2D eigenvalue weighted by Gasteiger charge is -2.07. The van der Waals surface area contributed by atoms with E-state index in [2.05, 4.69) is 4.98 Å². The van der Waals surface area contributed by atoms with Gasteiger partial charge >= 0.3 is 5.97 Å². The Hall–Kier alpha value is -1.62. The molecule has 19 heavy (non-hydrogen) atoms. The summed E-state index contributed by atoms with van der Waals surface area (Å²) >= 11 is 5.89. The molecule has 104 valence electrons. The highest BCUT2D eigenvalue weighted by molar-refractivity contribution is 6.33.